The fourth-order valence-electron chi connectivity index (χ4n) is 2.08. The first-order valence-corrected chi connectivity index (χ1v) is 6.30. The molecule has 1 aromatic heterocycles. The van der Waals surface area contributed by atoms with Crippen molar-refractivity contribution in [2.45, 2.75) is 0 Å². The van der Waals surface area contributed by atoms with E-state index in [1.165, 1.54) is 0 Å². The van der Waals surface area contributed by atoms with Gasteiger partial charge in [-0.05, 0) is 24.3 Å². The van der Waals surface area contributed by atoms with Crippen LogP contribution in [0.5, 0.6) is 0 Å². The molecule has 1 amide bonds. The lowest BCUT2D eigenvalue weighted by molar-refractivity contribution is -0.135. The fraction of sp³-hybridized carbons (Fsp3) is 0.0667. The molecule has 0 aliphatic heterocycles. The predicted octanol–water partition coefficient (Wildman–Crippen LogP) is 1.60. The van der Waals surface area contributed by atoms with E-state index in [0.29, 0.717) is 22.1 Å². The topological polar surface area (TPSA) is 92.2 Å². The molecule has 0 bridgehead atoms. The number of hydrogen-bond donors (Lipinski definition) is 2. The van der Waals surface area contributed by atoms with E-state index in [2.05, 4.69) is 15.3 Å². The molecule has 0 aliphatic rings. The summed E-state index contributed by atoms with van der Waals surface area (Å²) in [6.45, 7) is -0.434. The van der Waals surface area contributed by atoms with Crippen molar-refractivity contribution in [3.05, 3.63) is 48.0 Å². The number of fused-ring (bicyclic) bond motifs is 2. The second-order valence-corrected chi connectivity index (χ2v) is 4.46. The Balaban J connectivity index is 2.12. The minimum atomic E-state index is -1.10. The molecule has 0 spiro atoms. The zero-order valence-electron chi connectivity index (χ0n) is 10.9. The standard InChI is InChI=1S/C15H11N3O3/c19-13(20)8-16-15(21)9-4-3-7-12-14(9)18-11-6-2-1-5-10(11)17-12/h1-7H,8H2,(H,16,21)(H,19,20). The predicted molar refractivity (Wildman–Crippen MR) is 77.0 cm³/mol. The van der Waals surface area contributed by atoms with Crippen LogP contribution >= 0.6 is 0 Å². The molecule has 2 N–H and O–H groups in total. The van der Waals surface area contributed by atoms with E-state index in [1.54, 1.807) is 18.2 Å². The lowest BCUT2D eigenvalue weighted by Gasteiger charge is -2.06. The van der Waals surface area contributed by atoms with Crippen molar-refractivity contribution in [3.63, 3.8) is 0 Å². The molecular formula is C15H11N3O3. The van der Waals surface area contributed by atoms with Gasteiger partial charge < -0.3 is 10.4 Å². The van der Waals surface area contributed by atoms with Crippen molar-refractivity contribution in [2.75, 3.05) is 6.54 Å². The van der Waals surface area contributed by atoms with Crippen LogP contribution in [-0.2, 0) is 4.79 Å². The van der Waals surface area contributed by atoms with Gasteiger partial charge in [0.25, 0.3) is 5.91 Å². The smallest absolute Gasteiger partial charge is 0.322 e. The molecule has 0 saturated carbocycles. The van der Waals surface area contributed by atoms with Gasteiger partial charge in [-0.3, -0.25) is 9.59 Å². The average Bonchev–Trinajstić information content (AvgIpc) is 2.50. The Bertz CT molecular complexity index is 861. The maximum atomic E-state index is 12.1. The number of nitrogens with one attached hydrogen (secondary N) is 1. The highest BCUT2D eigenvalue weighted by Crippen LogP contribution is 2.19. The number of carboxylic acid groups (broad SMARTS) is 1. The van der Waals surface area contributed by atoms with E-state index in [-0.39, 0.29) is 0 Å². The van der Waals surface area contributed by atoms with Gasteiger partial charge in [0.1, 0.15) is 12.1 Å². The summed E-state index contributed by atoms with van der Waals surface area (Å²) in [4.78, 5) is 31.5. The molecule has 0 fully saturated rings. The SMILES string of the molecule is O=C(O)CNC(=O)c1cccc2nc3ccccc3nc12. The van der Waals surface area contributed by atoms with Crippen molar-refractivity contribution in [1.29, 1.82) is 0 Å². The van der Waals surface area contributed by atoms with E-state index in [4.69, 9.17) is 5.11 Å². The average molecular weight is 281 g/mol. The Kier molecular flexibility index (Phi) is 3.19. The van der Waals surface area contributed by atoms with Crippen LogP contribution < -0.4 is 5.32 Å². The van der Waals surface area contributed by atoms with E-state index < -0.39 is 18.4 Å². The molecule has 0 saturated heterocycles. The number of rotatable bonds is 3. The maximum absolute atomic E-state index is 12.1. The number of aromatic nitrogens is 2. The summed E-state index contributed by atoms with van der Waals surface area (Å²) >= 11 is 0. The normalized spacial score (nSPS) is 10.7. The Labute approximate surface area is 119 Å². The van der Waals surface area contributed by atoms with Crippen LogP contribution in [0.2, 0.25) is 0 Å². The van der Waals surface area contributed by atoms with Gasteiger partial charge in [0.15, 0.2) is 0 Å². The molecule has 6 nitrogen and oxygen atoms in total. The van der Waals surface area contributed by atoms with Crippen molar-refractivity contribution < 1.29 is 14.7 Å². The fourth-order valence-corrected chi connectivity index (χ4v) is 2.08. The second-order valence-electron chi connectivity index (χ2n) is 4.46. The number of para-hydroxylation sites is 3. The lowest BCUT2D eigenvalue weighted by Crippen LogP contribution is -2.29. The summed E-state index contributed by atoms with van der Waals surface area (Å²) < 4.78 is 0. The zero-order valence-corrected chi connectivity index (χ0v) is 10.9. The molecule has 3 aromatic rings. The van der Waals surface area contributed by atoms with Gasteiger partial charge in [-0.25, -0.2) is 9.97 Å². The summed E-state index contributed by atoms with van der Waals surface area (Å²) in [6, 6.07) is 12.4. The van der Waals surface area contributed by atoms with Crippen molar-refractivity contribution >= 4 is 33.9 Å². The number of carbonyl (C=O) groups is 2. The maximum Gasteiger partial charge on any atom is 0.322 e. The largest absolute Gasteiger partial charge is 0.480 e. The molecule has 0 radical (unpaired) electrons. The Hall–Kier alpha value is -3.02. The van der Waals surface area contributed by atoms with Crippen LogP contribution in [0.15, 0.2) is 42.5 Å². The van der Waals surface area contributed by atoms with Crippen LogP contribution in [0.3, 0.4) is 0 Å². The summed E-state index contributed by atoms with van der Waals surface area (Å²) in [5, 5.41) is 11.0. The lowest BCUT2D eigenvalue weighted by atomic mass is 10.1. The molecule has 21 heavy (non-hydrogen) atoms. The number of aliphatic carboxylic acids is 1. The first-order chi connectivity index (χ1) is 10.1. The quantitative estimate of drug-likeness (QED) is 0.711. The number of benzene rings is 2. The highest BCUT2D eigenvalue weighted by atomic mass is 16.4. The Morgan fingerprint density at radius 2 is 1.62 bits per heavy atom. The van der Waals surface area contributed by atoms with Gasteiger partial charge >= 0.3 is 5.97 Å². The first-order valence-electron chi connectivity index (χ1n) is 6.30. The van der Waals surface area contributed by atoms with Gasteiger partial charge in [0.05, 0.1) is 22.1 Å². The van der Waals surface area contributed by atoms with Crippen LogP contribution in [0, 0.1) is 0 Å². The number of carboxylic acids is 1. The van der Waals surface area contributed by atoms with Crippen molar-refractivity contribution in [1.82, 2.24) is 15.3 Å². The molecule has 2 aromatic carbocycles. The first kappa shape index (κ1) is 13.0. The minimum Gasteiger partial charge on any atom is -0.480 e. The van der Waals surface area contributed by atoms with Gasteiger partial charge in [0, 0.05) is 0 Å². The summed E-state index contributed by atoms with van der Waals surface area (Å²) in [7, 11) is 0. The van der Waals surface area contributed by atoms with Gasteiger partial charge in [-0.15, -0.1) is 0 Å². The van der Waals surface area contributed by atoms with Crippen molar-refractivity contribution in [2.24, 2.45) is 0 Å². The third-order valence-electron chi connectivity index (χ3n) is 3.01. The third-order valence-corrected chi connectivity index (χ3v) is 3.01. The monoisotopic (exact) mass is 281 g/mol. The molecule has 0 aliphatic carbocycles. The Morgan fingerprint density at radius 1 is 0.952 bits per heavy atom. The molecule has 0 atom stereocenters. The highest BCUT2D eigenvalue weighted by molar-refractivity contribution is 6.06. The Morgan fingerprint density at radius 3 is 2.33 bits per heavy atom. The summed E-state index contributed by atoms with van der Waals surface area (Å²) in [6.07, 6.45) is 0. The van der Waals surface area contributed by atoms with E-state index in [9.17, 15) is 9.59 Å². The van der Waals surface area contributed by atoms with Gasteiger partial charge in [0.2, 0.25) is 0 Å². The molecular weight excluding hydrogens is 270 g/mol. The van der Waals surface area contributed by atoms with Gasteiger partial charge in [-0.2, -0.15) is 0 Å². The summed E-state index contributed by atoms with van der Waals surface area (Å²) in [5.74, 6) is -1.58. The van der Waals surface area contributed by atoms with E-state index in [0.717, 1.165) is 5.52 Å². The number of carbonyl (C=O) groups excluding carboxylic acids is 1. The molecule has 6 heteroatoms. The molecule has 104 valence electrons. The molecule has 0 unspecified atom stereocenters. The highest BCUT2D eigenvalue weighted by Gasteiger charge is 2.13. The number of amides is 1. The van der Waals surface area contributed by atoms with E-state index >= 15 is 0 Å². The number of nitrogens with zero attached hydrogens (tertiary/aromatic N) is 2. The number of hydrogen-bond acceptors (Lipinski definition) is 4. The zero-order chi connectivity index (χ0) is 14.8. The second kappa shape index (κ2) is 5.16. The minimum absolute atomic E-state index is 0.312. The van der Waals surface area contributed by atoms with Gasteiger partial charge in [-0.1, -0.05) is 18.2 Å². The molecule has 3 rings (SSSR count). The van der Waals surface area contributed by atoms with Crippen LogP contribution in [0.4, 0.5) is 0 Å². The van der Waals surface area contributed by atoms with Crippen LogP contribution in [0.25, 0.3) is 22.1 Å². The molecule has 1 heterocycles. The van der Waals surface area contributed by atoms with E-state index in [1.807, 2.05) is 24.3 Å². The third kappa shape index (κ3) is 2.51. The van der Waals surface area contributed by atoms with Crippen molar-refractivity contribution in [3.8, 4) is 0 Å². The van der Waals surface area contributed by atoms with Crippen LogP contribution in [0.1, 0.15) is 10.4 Å². The van der Waals surface area contributed by atoms with Crippen LogP contribution in [-0.4, -0.2) is 33.5 Å². The summed E-state index contributed by atoms with van der Waals surface area (Å²) in [5.41, 5.74) is 2.79.